The molecule has 0 fully saturated rings. The van der Waals surface area contributed by atoms with Gasteiger partial charge in [-0.25, -0.2) is 4.98 Å². The molecular formula is C23H31N3O2. The molecule has 0 aliphatic heterocycles. The van der Waals surface area contributed by atoms with Crippen molar-refractivity contribution in [2.75, 3.05) is 20.2 Å². The van der Waals surface area contributed by atoms with E-state index in [1.165, 1.54) is 16.7 Å². The lowest BCUT2D eigenvalue weighted by Crippen LogP contribution is -2.38. The lowest BCUT2D eigenvalue weighted by molar-refractivity contribution is 0.0731. The van der Waals surface area contributed by atoms with Gasteiger partial charge >= 0.3 is 0 Å². The minimum absolute atomic E-state index is 0.0363. The fraction of sp³-hybridized carbons (Fsp3) is 0.478. The van der Waals surface area contributed by atoms with Crippen LogP contribution in [0.3, 0.4) is 0 Å². The van der Waals surface area contributed by atoms with Gasteiger partial charge in [-0.2, -0.15) is 0 Å². The highest BCUT2D eigenvalue weighted by Gasteiger charge is 2.28. The number of nitrogens with zero attached hydrogens (tertiary/aromatic N) is 2. The number of carbonyl (C=O) groups is 1. The molecule has 150 valence electrons. The summed E-state index contributed by atoms with van der Waals surface area (Å²) >= 11 is 0. The van der Waals surface area contributed by atoms with Crippen LogP contribution in [0, 0.1) is 0 Å². The maximum atomic E-state index is 12.9. The highest BCUT2D eigenvalue weighted by molar-refractivity contribution is 5.92. The average molecular weight is 382 g/mol. The van der Waals surface area contributed by atoms with Gasteiger partial charge in [0.15, 0.2) is 0 Å². The predicted molar refractivity (Wildman–Crippen MR) is 112 cm³/mol. The van der Waals surface area contributed by atoms with E-state index in [-0.39, 0.29) is 11.9 Å². The van der Waals surface area contributed by atoms with Gasteiger partial charge in [-0.1, -0.05) is 38.5 Å². The van der Waals surface area contributed by atoms with E-state index in [1.807, 2.05) is 18.0 Å². The van der Waals surface area contributed by atoms with E-state index in [0.717, 1.165) is 38.8 Å². The van der Waals surface area contributed by atoms with E-state index in [2.05, 4.69) is 42.3 Å². The third-order valence-electron chi connectivity index (χ3n) is 5.35. The second-order valence-electron chi connectivity index (χ2n) is 7.44. The molecule has 0 unspecified atom stereocenters. The Hall–Kier alpha value is -2.40. The van der Waals surface area contributed by atoms with Crippen LogP contribution >= 0.6 is 0 Å². The number of hydrogen-bond acceptors (Lipinski definition) is 4. The van der Waals surface area contributed by atoms with E-state index in [4.69, 9.17) is 4.74 Å². The molecule has 5 nitrogen and oxygen atoms in total. The summed E-state index contributed by atoms with van der Waals surface area (Å²) in [6.07, 6.45) is 5.55. The summed E-state index contributed by atoms with van der Waals surface area (Å²) in [5.74, 6) is 0.680. The molecule has 5 heteroatoms. The summed E-state index contributed by atoms with van der Waals surface area (Å²) in [6.45, 7) is 6.78. The molecule has 1 amide bonds. The number of amides is 1. The number of unbranched alkanes of at least 4 members (excludes halogenated alkanes) is 1. The Kier molecular flexibility index (Phi) is 7.04. The van der Waals surface area contributed by atoms with Crippen molar-refractivity contribution in [1.29, 1.82) is 0 Å². The lowest BCUT2D eigenvalue weighted by atomic mass is 10.1. The maximum absolute atomic E-state index is 12.9. The fourth-order valence-corrected chi connectivity index (χ4v) is 3.57. The average Bonchev–Trinajstić information content (AvgIpc) is 3.15. The largest absolute Gasteiger partial charge is 0.492 e. The standard InChI is InChI=1S/C23H31N3O2/c1-4-6-11-28-21-9-10-22(25-16-21)23(27)26(3)20-13-18-8-7-17(15-24-5-2)12-19(18)14-20/h7-10,12,16,20,24H,4-6,11,13-15H2,1-3H3/t20-/m1/s1. The first-order valence-corrected chi connectivity index (χ1v) is 10.3. The summed E-state index contributed by atoms with van der Waals surface area (Å²) in [6, 6.07) is 10.4. The van der Waals surface area contributed by atoms with Gasteiger partial charge in [0.1, 0.15) is 11.4 Å². The van der Waals surface area contributed by atoms with Gasteiger partial charge in [0.05, 0.1) is 12.8 Å². The summed E-state index contributed by atoms with van der Waals surface area (Å²) in [7, 11) is 1.88. The Labute approximate surface area is 168 Å². The quantitative estimate of drug-likeness (QED) is 0.674. The molecule has 1 atom stereocenters. The Morgan fingerprint density at radius 2 is 2.04 bits per heavy atom. The first kappa shape index (κ1) is 20.3. The van der Waals surface area contributed by atoms with E-state index in [0.29, 0.717) is 18.1 Å². The number of hydrogen-bond donors (Lipinski definition) is 1. The number of rotatable bonds is 9. The van der Waals surface area contributed by atoms with Crippen molar-refractivity contribution < 1.29 is 9.53 Å². The third-order valence-corrected chi connectivity index (χ3v) is 5.35. The zero-order valence-electron chi connectivity index (χ0n) is 17.2. The Morgan fingerprint density at radius 3 is 2.75 bits per heavy atom. The molecule has 1 N–H and O–H groups in total. The first-order valence-electron chi connectivity index (χ1n) is 10.3. The number of carbonyl (C=O) groups excluding carboxylic acids is 1. The molecule has 0 saturated heterocycles. The van der Waals surface area contributed by atoms with Gasteiger partial charge in [-0.05, 0) is 54.6 Å². The van der Waals surface area contributed by atoms with Crippen molar-refractivity contribution in [3.8, 4) is 5.75 Å². The van der Waals surface area contributed by atoms with Crippen LogP contribution in [0.1, 0.15) is 53.9 Å². The minimum atomic E-state index is -0.0363. The summed E-state index contributed by atoms with van der Waals surface area (Å²) < 4.78 is 5.63. The fourth-order valence-electron chi connectivity index (χ4n) is 3.57. The zero-order valence-corrected chi connectivity index (χ0v) is 17.2. The predicted octanol–water partition coefficient (Wildman–Crippen LogP) is 3.61. The van der Waals surface area contributed by atoms with Crippen molar-refractivity contribution in [3.63, 3.8) is 0 Å². The van der Waals surface area contributed by atoms with Crippen LogP contribution < -0.4 is 10.1 Å². The van der Waals surface area contributed by atoms with Gasteiger partial charge in [-0.15, -0.1) is 0 Å². The molecule has 0 radical (unpaired) electrons. The molecule has 1 aliphatic carbocycles. The minimum Gasteiger partial charge on any atom is -0.492 e. The number of aromatic nitrogens is 1. The van der Waals surface area contributed by atoms with Crippen molar-refractivity contribution in [2.24, 2.45) is 0 Å². The first-order chi connectivity index (χ1) is 13.6. The van der Waals surface area contributed by atoms with Gasteiger partial charge in [0.2, 0.25) is 0 Å². The molecule has 2 aromatic rings. The monoisotopic (exact) mass is 381 g/mol. The third kappa shape index (κ3) is 4.90. The molecule has 1 heterocycles. The van der Waals surface area contributed by atoms with Gasteiger partial charge in [0.25, 0.3) is 5.91 Å². The molecule has 28 heavy (non-hydrogen) atoms. The molecule has 3 rings (SSSR count). The SMILES string of the molecule is CCCCOc1ccc(C(=O)N(C)[C@@H]2Cc3ccc(CNCC)cc3C2)nc1. The Balaban J connectivity index is 1.60. The highest BCUT2D eigenvalue weighted by Crippen LogP contribution is 2.27. The van der Waals surface area contributed by atoms with Crippen LogP contribution in [0.25, 0.3) is 0 Å². The van der Waals surface area contributed by atoms with Gasteiger partial charge in [0, 0.05) is 19.6 Å². The summed E-state index contributed by atoms with van der Waals surface area (Å²) in [5.41, 5.74) is 4.47. The van der Waals surface area contributed by atoms with E-state index < -0.39 is 0 Å². The van der Waals surface area contributed by atoms with Gasteiger partial charge < -0.3 is 15.0 Å². The number of pyridine rings is 1. The zero-order chi connectivity index (χ0) is 19.9. The number of fused-ring (bicyclic) bond motifs is 1. The van der Waals surface area contributed by atoms with E-state index >= 15 is 0 Å². The normalized spacial score (nSPS) is 15.3. The molecule has 1 aliphatic rings. The van der Waals surface area contributed by atoms with Crippen molar-refractivity contribution in [3.05, 3.63) is 58.9 Å². The molecular weight excluding hydrogens is 350 g/mol. The molecule has 0 spiro atoms. The number of likely N-dealkylation sites (N-methyl/N-ethyl adjacent to an activating group) is 1. The summed E-state index contributed by atoms with van der Waals surface area (Å²) in [5, 5.41) is 3.37. The van der Waals surface area contributed by atoms with Crippen LogP contribution in [0.4, 0.5) is 0 Å². The van der Waals surface area contributed by atoms with Gasteiger partial charge in [-0.3, -0.25) is 4.79 Å². The molecule has 1 aromatic heterocycles. The number of ether oxygens (including phenoxy) is 1. The Bertz CT molecular complexity index is 789. The van der Waals surface area contributed by atoms with Crippen molar-refractivity contribution >= 4 is 5.91 Å². The van der Waals surface area contributed by atoms with Crippen molar-refractivity contribution in [2.45, 2.75) is 52.1 Å². The topological polar surface area (TPSA) is 54.5 Å². The van der Waals surface area contributed by atoms with Crippen LogP contribution in [0.5, 0.6) is 5.75 Å². The van der Waals surface area contributed by atoms with E-state index in [1.54, 1.807) is 12.3 Å². The van der Waals surface area contributed by atoms with Crippen molar-refractivity contribution in [1.82, 2.24) is 15.2 Å². The second-order valence-corrected chi connectivity index (χ2v) is 7.44. The maximum Gasteiger partial charge on any atom is 0.272 e. The smallest absolute Gasteiger partial charge is 0.272 e. The Morgan fingerprint density at radius 1 is 1.21 bits per heavy atom. The molecule has 0 saturated carbocycles. The molecule has 0 bridgehead atoms. The van der Waals surface area contributed by atoms with E-state index in [9.17, 15) is 4.79 Å². The second kappa shape index (κ2) is 9.69. The lowest BCUT2D eigenvalue weighted by Gasteiger charge is -2.24. The van der Waals surface area contributed by atoms with Crippen LogP contribution in [0.2, 0.25) is 0 Å². The van der Waals surface area contributed by atoms with Crippen LogP contribution in [-0.2, 0) is 19.4 Å². The summed E-state index contributed by atoms with van der Waals surface area (Å²) in [4.78, 5) is 19.0. The molecule has 1 aromatic carbocycles. The van der Waals surface area contributed by atoms with Crippen LogP contribution in [0.15, 0.2) is 36.5 Å². The van der Waals surface area contributed by atoms with Crippen LogP contribution in [-0.4, -0.2) is 42.0 Å². The highest BCUT2D eigenvalue weighted by atomic mass is 16.5. The number of nitrogens with one attached hydrogen (secondary N) is 1. The number of benzene rings is 1.